The summed E-state index contributed by atoms with van der Waals surface area (Å²) in [6.45, 7) is 3.08. The summed E-state index contributed by atoms with van der Waals surface area (Å²) in [5.74, 6) is 4.89. The quantitative estimate of drug-likeness (QED) is 0.532. The van der Waals surface area contributed by atoms with Crippen LogP contribution >= 0.6 is 0 Å². The molecule has 0 bridgehead atoms. The van der Waals surface area contributed by atoms with Gasteiger partial charge in [-0.2, -0.15) is 4.99 Å². The third kappa shape index (κ3) is 6.12. The van der Waals surface area contributed by atoms with Gasteiger partial charge in [0.1, 0.15) is 6.34 Å². The molecule has 1 saturated heterocycles. The van der Waals surface area contributed by atoms with Gasteiger partial charge in [-0.3, -0.25) is 14.5 Å². The summed E-state index contributed by atoms with van der Waals surface area (Å²) in [5.41, 5.74) is 10.3. The zero-order valence-electron chi connectivity index (χ0n) is 19.2. The van der Waals surface area contributed by atoms with E-state index in [9.17, 15) is 9.59 Å². The molecular weight excluding hydrogens is 428 g/mol. The number of carbonyl (C=O) groups is 2. The van der Waals surface area contributed by atoms with Gasteiger partial charge < -0.3 is 10.5 Å². The van der Waals surface area contributed by atoms with Crippen LogP contribution in [0.1, 0.15) is 47.6 Å². The fraction of sp³-hybridized carbons (Fsp3) is 0.333. The summed E-state index contributed by atoms with van der Waals surface area (Å²) >= 11 is 0. The number of nitrogens with two attached hydrogens (primary N) is 1. The van der Waals surface area contributed by atoms with Gasteiger partial charge in [0.15, 0.2) is 0 Å². The van der Waals surface area contributed by atoms with Crippen LogP contribution in [0, 0.1) is 11.8 Å². The Hall–Kier alpha value is -3.44. The number of carbonyl (C=O) groups excluding carboxylic acids is 2. The van der Waals surface area contributed by atoms with Crippen LogP contribution in [0.4, 0.5) is 0 Å². The number of benzene rings is 2. The summed E-state index contributed by atoms with van der Waals surface area (Å²) < 4.78 is 5.44. The van der Waals surface area contributed by atoms with Crippen LogP contribution in [0.3, 0.4) is 0 Å². The number of rotatable bonds is 6. The lowest BCUT2D eigenvalue weighted by Crippen LogP contribution is -2.36. The molecule has 0 aromatic heterocycles. The Kier molecular flexibility index (Phi) is 7.76. The van der Waals surface area contributed by atoms with Crippen molar-refractivity contribution in [2.75, 3.05) is 20.2 Å². The highest BCUT2D eigenvalue weighted by atomic mass is 16.5. The molecule has 1 amide bonds. The Bertz CT molecular complexity index is 1150. The first-order chi connectivity index (χ1) is 16.5. The number of Topliss-reactive ketones (excluding diaryl/α,β-unsaturated/α-hetero) is 1. The zero-order valence-corrected chi connectivity index (χ0v) is 19.2. The number of likely N-dealkylation sites (tertiary alicyclic amines) is 1. The van der Waals surface area contributed by atoms with E-state index < -0.39 is 17.7 Å². The van der Waals surface area contributed by atoms with Gasteiger partial charge in [-0.05, 0) is 48.2 Å². The molecule has 0 spiro atoms. The smallest absolute Gasteiger partial charge is 0.320 e. The van der Waals surface area contributed by atoms with Crippen LogP contribution in [0.15, 0.2) is 58.5 Å². The molecule has 1 atom stereocenters. The molecule has 7 nitrogen and oxygen atoms in total. The lowest BCUT2D eigenvalue weighted by atomic mass is 9.98. The van der Waals surface area contributed by atoms with Gasteiger partial charge in [-0.1, -0.05) is 36.1 Å². The van der Waals surface area contributed by atoms with Crippen LogP contribution in [-0.2, 0) is 20.9 Å². The van der Waals surface area contributed by atoms with Crippen LogP contribution < -0.4 is 5.73 Å². The average molecular weight is 457 g/mol. The van der Waals surface area contributed by atoms with Crippen molar-refractivity contribution in [2.45, 2.75) is 38.0 Å². The molecule has 0 radical (unpaired) electrons. The molecular formula is C27H28N4O3. The number of amides is 1. The minimum absolute atomic E-state index is 0.138. The number of piperidine rings is 1. The summed E-state index contributed by atoms with van der Waals surface area (Å²) in [5, 5.41) is 0. The minimum Gasteiger partial charge on any atom is -0.381 e. The number of hydrogen-bond donors (Lipinski definition) is 1. The highest BCUT2D eigenvalue weighted by Crippen LogP contribution is 2.18. The first-order valence-electron chi connectivity index (χ1n) is 11.4. The summed E-state index contributed by atoms with van der Waals surface area (Å²) in [6.07, 6.45) is 3.85. The fourth-order valence-corrected chi connectivity index (χ4v) is 4.08. The largest absolute Gasteiger partial charge is 0.381 e. The van der Waals surface area contributed by atoms with Crippen LogP contribution in [0.5, 0.6) is 0 Å². The minimum atomic E-state index is -0.803. The van der Waals surface area contributed by atoms with Crippen LogP contribution in [0.25, 0.3) is 0 Å². The van der Waals surface area contributed by atoms with Gasteiger partial charge in [0.05, 0.1) is 11.8 Å². The second kappa shape index (κ2) is 11.1. The molecule has 7 heteroatoms. The van der Waals surface area contributed by atoms with Gasteiger partial charge in [0.25, 0.3) is 5.78 Å². The number of ether oxygens (including phenoxy) is 1. The molecule has 34 heavy (non-hydrogen) atoms. The lowest BCUT2D eigenvalue weighted by molar-refractivity contribution is -0.132. The van der Waals surface area contributed by atoms with Crippen LogP contribution in [-0.4, -0.2) is 54.9 Å². The van der Waals surface area contributed by atoms with Crippen molar-refractivity contribution >= 4 is 23.7 Å². The van der Waals surface area contributed by atoms with Gasteiger partial charge >= 0.3 is 5.91 Å². The molecule has 1 unspecified atom stereocenters. The SMILES string of the molecule is COC1CCN(Cc2ccc(C#Cc3ccc(C(N)CC4=NC=NC(=O)C4=O)cc3)cc2)CC1. The van der Waals surface area contributed by atoms with Crippen molar-refractivity contribution in [1.29, 1.82) is 0 Å². The van der Waals surface area contributed by atoms with Crippen molar-refractivity contribution in [2.24, 2.45) is 15.7 Å². The molecule has 2 aromatic carbocycles. The highest BCUT2D eigenvalue weighted by molar-refractivity contribution is 6.66. The van der Waals surface area contributed by atoms with Crippen molar-refractivity contribution < 1.29 is 14.3 Å². The van der Waals surface area contributed by atoms with Gasteiger partial charge in [0.2, 0.25) is 0 Å². The molecule has 174 valence electrons. The van der Waals surface area contributed by atoms with Gasteiger partial charge in [-0.25, -0.2) is 4.99 Å². The Morgan fingerprint density at radius 2 is 1.65 bits per heavy atom. The van der Waals surface area contributed by atoms with E-state index in [0.717, 1.165) is 55.5 Å². The standard InChI is InChI=1S/C27H28N4O3/c1-34-23-12-14-31(15-13-23)17-21-6-4-19(5-7-21)2-3-20-8-10-22(11-9-20)24(28)16-25-26(32)27(33)30-18-29-25/h4-11,18,23-24H,12-17,28H2,1H3. The second-order valence-electron chi connectivity index (χ2n) is 8.55. The second-order valence-corrected chi connectivity index (χ2v) is 8.55. The summed E-state index contributed by atoms with van der Waals surface area (Å²) in [7, 11) is 1.79. The number of ketones is 1. The van der Waals surface area contributed by atoms with Crippen molar-refractivity contribution in [3.05, 3.63) is 70.8 Å². The number of nitrogens with zero attached hydrogens (tertiary/aromatic N) is 3. The molecule has 0 saturated carbocycles. The van der Waals surface area contributed by atoms with Crippen molar-refractivity contribution in [3.8, 4) is 11.8 Å². The molecule has 4 rings (SSSR count). The number of aliphatic imine (C=N–C) groups is 2. The van der Waals surface area contributed by atoms with E-state index in [1.165, 1.54) is 5.56 Å². The van der Waals surface area contributed by atoms with E-state index in [0.29, 0.717) is 6.10 Å². The summed E-state index contributed by atoms with van der Waals surface area (Å²) in [6, 6.07) is 15.5. The number of methoxy groups -OCH3 is 1. The first-order valence-corrected chi connectivity index (χ1v) is 11.4. The topological polar surface area (TPSA) is 97.3 Å². The van der Waals surface area contributed by atoms with E-state index in [2.05, 4.69) is 51.0 Å². The lowest BCUT2D eigenvalue weighted by Gasteiger charge is -2.31. The molecule has 2 N–H and O–H groups in total. The average Bonchev–Trinajstić information content (AvgIpc) is 2.87. The number of hydrogen-bond acceptors (Lipinski definition) is 6. The molecule has 2 heterocycles. The van der Waals surface area contributed by atoms with Crippen LogP contribution in [0.2, 0.25) is 0 Å². The maximum atomic E-state index is 11.8. The third-order valence-electron chi connectivity index (χ3n) is 6.18. The van der Waals surface area contributed by atoms with E-state index in [1.807, 2.05) is 24.3 Å². The monoisotopic (exact) mass is 456 g/mol. The molecule has 2 aliphatic heterocycles. The normalized spacial score (nSPS) is 17.8. The van der Waals surface area contributed by atoms with E-state index in [1.54, 1.807) is 7.11 Å². The van der Waals surface area contributed by atoms with Crippen molar-refractivity contribution in [1.82, 2.24) is 4.90 Å². The van der Waals surface area contributed by atoms with E-state index in [4.69, 9.17) is 10.5 Å². The third-order valence-corrected chi connectivity index (χ3v) is 6.18. The Morgan fingerprint density at radius 1 is 1.03 bits per heavy atom. The Balaban J connectivity index is 1.32. The fourth-order valence-electron chi connectivity index (χ4n) is 4.08. The maximum absolute atomic E-state index is 11.8. The van der Waals surface area contributed by atoms with Gasteiger partial charge in [-0.15, -0.1) is 0 Å². The maximum Gasteiger partial charge on any atom is 0.320 e. The predicted octanol–water partition coefficient (Wildman–Crippen LogP) is 2.67. The Morgan fingerprint density at radius 3 is 2.26 bits per heavy atom. The first kappa shape index (κ1) is 23.7. The van der Waals surface area contributed by atoms with Crippen molar-refractivity contribution in [3.63, 3.8) is 0 Å². The molecule has 2 aromatic rings. The van der Waals surface area contributed by atoms with Gasteiger partial charge in [0, 0.05) is 50.3 Å². The molecule has 2 aliphatic rings. The zero-order chi connectivity index (χ0) is 23.9. The summed E-state index contributed by atoms with van der Waals surface area (Å²) in [4.78, 5) is 33.0. The predicted molar refractivity (Wildman–Crippen MR) is 132 cm³/mol. The molecule has 1 fully saturated rings. The van der Waals surface area contributed by atoms with E-state index in [-0.39, 0.29) is 12.1 Å². The highest BCUT2D eigenvalue weighted by Gasteiger charge is 2.24. The molecule has 0 aliphatic carbocycles. The van der Waals surface area contributed by atoms with E-state index >= 15 is 0 Å². The Labute approximate surface area is 199 Å².